The second-order valence-electron chi connectivity index (χ2n) is 18.2. The Balaban J connectivity index is 1.20. The molecule has 4 aromatic heterocycles. The molecule has 0 radical (unpaired) electrons. The predicted molar refractivity (Wildman–Crippen MR) is 264 cm³/mol. The van der Waals surface area contributed by atoms with Crippen molar-refractivity contribution in [3.05, 3.63) is 141 Å². The van der Waals surface area contributed by atoms with E-state index in [1.165, 1.54) is 6.07 Å². The lowest BCUT2D eigenvalue weighted by atomic mass is 9.90. The van der Waals surface area contributed by atoms with Gasteiger partial charge in [0, 0.05) is 109 Å². The molecule has 8 rings (SSSR count). The molecule has 2 aliphatic rings. The summed E-state index contributed by atoms with van der Waals surface area (Å²) in [5.41, 5.74) is 10.7. The zero-order chi connectivity index (χ0) is 50.1. The molecule has 2 fully saturated rings. The van der Waals surface area contributed by atoms with Crippen LogP contribution in [0.3, 0.4) is 0 Å². The second kappa shape index (κ2) is 22.2. The van der Waals surface area contributed by atoms with Gasteiger partial charge >= 0.3 is 6.09 Å². The third kappa shape index (κ3) is 12.2. The minimum absolute atomic E-state index is 0.0730. The fourth-order valence-electron chi connectivity index (χ4n) is 8.29. The molecule has 6 aromatic rings. The van der Waals surface area contributed by atoms with Crippen LogP contribution in [-0.4, -0.2) is 119 Å². The third-order valence-corrected chi connectivity index (χ3v) is 11.8. The number of aryl methyl sites for hydroxylation is 1. The lowest BCUT2D eigenvalue weighted by molar-refractivity contribution is 0.0528. The maximum atomic E-state index is 14.9. The van der Waals surface area contributed by atoms with E-state index in [-0.39, 0.29) is 52.6 Å². The first-order valence-corrected chi connectivity index (χ1v) is 23.4. The van der Waals surface area contributed by atoms with Gasteiger partial charge in [-0.2, -0.15) is 10.5 Å². The number of benzene rings is 2. The first-order chi connectivity index (χ1) is 34.3. The Morgan fingerprint density at radius 3 is 1.86 bits per heavy atom. The van der Waals surface area contributed by atoms with Crippen LogP contribution in [0.2, 0.25) is 0 Å². The first kappa shape index (κ1) is 49.4. The van der Waals surface area contributed by atoms with E-state index in [9.17, 15) is 24.9 Å². The van der Waals surface area contributed by atoms with Gasteiger partial charge in [0.1, 0.15) is 17.2 Å². The third-order valence-electron chi connectivity index (χ3n) is 11.8. The lowest BCUT2D eigenvalue weighted by Crippen LogP contribution is -2.37. The Hall–Kier alpha value is -8.03. The van der Waals surface area contributed by atoms with E-state index in [4.69, 9.17) is 39.9 Å². The van der Waals surface area contributed by atoms with Gasteiger partial charge < -0.3 is 35.1 Å². The van der Waals surface area contributed by atoms with Crippen LogP contribution < -0.4 is 20.9 Å². The molecule has 0 unspecified atom stereocenters. The van der Waals surface area contributed by atoms with Gasteiger partial charge in [0.25, 0.3) is 0 Å². The number of nitrogens with one attached hydrogen (secondary N) is 1. The summed E-state index contributed by atoms with van der Waals surface area (Å²) >= 11 is 0. The molecule has 0 saturated carbocycles. The van der Waals surface area contributed by atoms with Gasteiger partial charge in [-0.3, -0.25) is 9.59 Å². The number of rotatable bonds is 15. The van der Waals surface area contributed by atoms with Crippen LogP contribution in [0, 0.1) is 29.6 Å². The molecule has 0 spiro atoms. The summed E-state index contributed by atoms with van der Waals surface area (Å²) in [6.45, 7) is 12.2. The highest BCUT2D eigenvalue weighted by Gasteiger charge is 2.26. The SMILES string of the molecule is Cc1cc(C(=O)c2cc(C#N)c(Cc3cc(C(=O)c4cc(C#N)ccc4-c4ncc(CCN)cn4)cc(N4CCOCC4)n3)cc2-c2ncc(CCNC(=O)OC(C)(C)C)cn2)cc(N2CCOCC2)n1. The molecule has 0 aliphatic carbocycles. The number of ketones is 2. The average molecular weight is 955 g/mol. The molecule has 2 aliphatic heterocycles. The van der Waals surface area contributed by atoms with Crippen molar-refractivity contribution < 1.29 is 28.6 Å². The van der Waals surface area contributed by atoms with Crippen molar-refractivity contribution in [3.8, 4) is 34.9 Å². The molecule has 1 amide bonds. The van der Waals surface area contributed by atoms with Gasteiger partial charge in [0.05, 0.1) is 49.7 Å². The first-order valence-electron chi connectivity index (χ1n) is 23.4. The number of nitrogens with zero attached hydrogens (tertiary/aromatic N) is 10. The monoisotopic (exact) mass is 954 g/mol. The molecule has 2 saturated heterocycles. The molecular formula is C53H54N12O6. The largest absolute Gasteiger partial charge is 0.444 e. The number of amides is 1. The lowest BCUT2D eigenvalue weighted by Gasteiger charge is -2.28. The number of carbonyl (C=O) groups excluding carboxylic acids is 3. The number of alkyl carbamates (subject to hydrolysis) is 1. The fourth-order valence-corrected chi connectivity index (χ4v) is 8.29. The molecule has 0 bridgehead atoms. The summed E-state index contributed by atoms with van der Waals surface area (Å²) in [6.07, 6.45) is 7.16. The number of hydrogen-bond acceptors (Lipinski definition) is 17. The van der Waals surface area contributed by atoms with E-state index in [1.807, 2.05) is 11.8 Å². The molecule has 18 nitrogen and oxygen atoms in total. The smallest absolute Gasteiger partial charge is 0.407 e. The van der Waals surface area contributed by atoms with Gasteiger partial charge in [0.2, 0.25) is 0 Å². The van der Waals surface area contributed by atoms with Crippen LogP contribution in [0.15, 0.2) is 79.4 Å². The summed E-state index contributed by atoms with van der Waals surface area (Å²) in [4.78, 5) is 74.4. The fraction of sp³-hybridized carbons (Fsp3) is 0.340. The number of ether oxygens (including phenoxy) is 3. The van der Waals surface area contributed by atoms with E-state index in [1.54, 1.807) is 94.1 Å². The Bertz CT molecular complexity index is 3020. The molecule has 6 heterocycles. The standard InChI is InChI=1S/C53H54N12O6/c1-33-19-38(25-46(62-33)64-11-15-69-16-12-64)48(66)44-24-40(28-56)37(23-45(44)51-60-31-36(32-61-51)8-10-57-52(68)71-53(2,3)4)21-41-22-39(26-47(63-41)65-13-17-70-18-14-65)49(67)43-20-34(27-55)5-6-42(43)50-58-29-35(7-9-54)30-59-50/h5-6,19-20,22-26,29-32H,7-18,21,54H2,1-4H3,(H,57,68). The average Bonchev–Trinajstić information content (AvgIpc) is 3.38. The Kier molecular flexibility index (Phi) is 15.4. The van der Waals surface area contributed by atoms with E-state index in [0.29, 0.717) is 129 Å². The molecule has 71 heavy (non-hydrogen) atoms. The Morgan fingerprint density at radius 2 is 1.28 bits per heavy atom. The molecular weight excluding hydrogens is 901 g/mol. The zero-order valence-electron chi connectivity index (χ0n) is 40.2. The normalized spacial score (nSPS) is 13.8. The minimum atomic E-state index is -0.645. The predicted octanol–water partition coefficient (Wildman–Crippen LogP) is 5.74. The molecule has 0 atom stereocenters. The Labute approximate surface area is 411 Å². The van der Waals surface area contributed by atoms with Gasteiger partial charge in [0.15, 0.2) is 23.2 Å². The van der Waals surface area contributed by atoms with Crippen LogP contribution >= 0.6 is 0 Å². The topological polar surface area (TPSA) is 248 Å². The molecule has 362 valence electrons. The van der Waals surface area contributed by atoms with Crippen molar-refractivity contribution in [2.24, 2.45) is 5.73 Å². The van der Waals surface area contributed by atoms with Crippen LogP contribution in [-0.2, 0) is 33.5 Å². The van der Waals surface area contributed by atoms with Crippen LogP contribution in [0.1, 0.15) is 91.8 Å². The number of aromatic nitrogens is 6. The maximum absolute atomic E-state index is 14.9. The van der Waals surface area contributed by atoms with Crippen molar-refractivity contribution in [1.82, 2.24) is 35.2 Å². The second-order valence-corrected chi connectivity index (χ2v) is 18.2. The van der Waals surface area contributed by atoms with Crippen molar-refractivity contribution in [3.63, 3.8) is 0 Å². The van der Waals surface area contributed by atoms with Crippen molar-refractivity contribution in [2.75, 3.05) is 75.5 Å². The summed E-state index contributed by atoms with van der Waals surface area (Å²) in [5, 5.41) is 23.5. The quantitative estimate of drug-likeness (QED) is 0.117. The van der Waals surface area contributed by atoms with E-state index in [2.05, 4.69) is 32.3 Å². The summed E-state index contributed by atoms with van der Waals surface area (Å²) < 4.78 is 16.6. The van der Waals surface area contributed by atoms with Gasteiger partial charge in [-0.15, -0.1) is 0 Å². The summed E-state index contributed by atoms with van der Waals surface area (Å²) in [6, 6.07) is 19.5. The highest BCUT2D eigenvalue weighted by Crippen LogP contribution is 2.32. The molecule has 18 heteroatoms. The number of anilines is 2. The van der Waals surface area contributed by atoms with Crippen LogP contribution in [0.5, 0.6) is 0 Å². The number of hydrogen-bond donors (Lipinski definition) is 2. The number of morpholine rings is 2. The van der Waals surface area contributed by atoms with Crippen molar-refractivity contribution >= 4 is 29.3 Å². The minimum Gasteiger partial charge on any atom is -0.444 e. The number of carbonyl (C=O) groups is 3. The van der Waals surface area contributed by atoms with E-state index in [0.717, 1.165) is 11.1 Å². The Morgan fingerprint density at radius 1 is 0.718 bits per heavy atom. The summed E-state index contributed by atoms with van der Waals surface area (Å²) in [5.74, 6) is 0.985. The zero-order valence-corrected chi connectivity index (χ0v) is 40.2. The number of nitriles is 2. The van der Waals surface area contributed by atoms with Crippen LogP contribution in [0.4, 0.5) is 16.4 Å². The maximum Gasteiger partial charge on any atom is 0.407 e. The van der Waals surface area contributed by atoms with Crippen LogP contribution in [0.25, 0.3) is 22.8 Å². The summed E-state index contributed by atoms with van der Waals surface area (Å²) in [7, 11) is 0. The number of pyridine rings is 2. The van der Waals surface area contributed by atoms with Gasteiger partial charge in [-0.1, -0.05) is 0 Å². The van der Waals surface area contributed by atoms with Gasteiger partial charge in [-0.25, -0.2) is 34.7 Å². The van der Waals surface area contributed by atoms with Gasteiger partial charge in [-0.05, 0) is 118 Å². The molecule has 2 aromatic carbocycles. The molecule has 3 N–H and O–H groups in total. The highest BCUT2D eigenvalue weighted by atomic mass is 16.6. The van der Waals surface area contributed by atoms with E-state index < -0.39 is 11.7 Å². The highest BCUT2D eigenvalue weighted by molar-refractivity contribution is 6.14. The van der Waals surface area contributed by atoms with Crippen molar-refractivity contribution in [2.45, 2.75) is 52.6 Å². The van der Waals surface area contributed by atoms with E-state index >= 15 is 0 Å². The van der Waals surface area contributed by atoms with Crippen molar-refractivity contribution in [1.29, 1.82) is 10.5 Å². The number of nitrogens with two attached hydrogens (primary N) is 1.